The summed E-state index contributed by atoms with van der Waals surface area (Å²) < 4.78 is 1.64. The zero-order valence-corrected chi connectivity index (χ0v) is 8.98. The second kappa shape index (κ2) is 3.84. The van der Waals surface area contributed by atoms with Gasteiger partial charge in [0.15, 0.2) is 0 Å². The number of carbonyl (C=O) groups is 1. The molecule has 4 heteroatoms. The van der Waals surface area contributed by atoms with Crippen molar-refractivity contribution >= 4 is 5.97 Å². The van der Waals surface area contributed by atoms with Crippen LogP contribution in [0.2, 0.25) is 0 Å². The fourth-order valence-corrected chi connectivity index (χ4v) is 1.33. The molecule has 0 fully saturated rings. The number of hydrogen-bond donors (Lipinski definition) is 1. The summed E-state index contributed by atoms with van der Waals surface area (Å²) >= 11 is 0. The molecule has 14 heavy (non-hydrogen) atoms. The van der Waals surface area contributed by atoms with Crippen molar-refractivity contribution in [2.75, 3.05) is 14.1 Å². The molecule has 0 aliphatic heterocycles. The Bertz CT molecular complexity index is 342. The number of aryl methyl sites for hydroxylation is 1. The molecule has 0 aromatic carbocycles. The van der Waals surface area contributed by atoms with Gasteiger partial charge in [-0.15, -0.1) is 0 Å². The van der Waals surface area contributed by atoms with E-state index in [-0.39, 0.29) is 6.04 Å². The molecule has 1 aromatic heterocycles. The van der Waals surface area contributed by atoms with Gasteiger partial charge in [-0.1, -0.05) is 0 Å². The number of aromatic carboxylic acids is 1. The molecular formula is C10H16N2O2. The van der Waals surface area contributed by atoms with Gasteiger partial charge >= 0.3 is 5.97 Å². The summed E-state index contributed by atoms with van der Waals surface area (Å²) in [6, 6.07) is 1.95. The molecule has 1 rings (SSSR count). The highest BCUT2D eigenvalue weighted by molar-refractivity contribution is 5.86. The average molecular weight is 196 g/mol. The Morgan fingerprint density at radius 2 is 2.14 bits per heavy atom. The van der Waals surface area contributed by atoms with Gasteiger partial charge in [-0.25, -0.2) is 4.79 Å². The number of carboxylic acid groups (broad SMARTS) is 1. The highest BCUT2D eigenvalue weighted by Gasteiger charge is 2.14. The van der Waals surface area contributed by atoms with Gasteiger partial charge in [-0.2, -0.15) is 0 Å². The highest BCUT2D eigenvalue weighted by atomic mass is 16.4. The van der Waals surface area contributed by atoms with Crippen molar-refractivity contribution in [1.29, 1.82) is 0 Å². The van der Waals surface area contributed by atoms with Crippen LogP contribution in [-0.4, -0.2) is 34.6 Å². The van der Waals surface area contributed by atoms with Crippen molar-refractivity contribution in [2.45, 2.75) is 13.0 Å². The molecule has 4 nitrogen and oxygen atoms in total. The lowest BCUT2D eigenvalue weighted by Gasteiger charge is -2.18. The Kier molecular flexibility index (Phi) is 2.96. The van der Waals surface area contributed by atoms with Crippen LogP contribution in [0.4, 0.5) is 0 Å². The standard InChI is InChI=1S/C10H16N2O2/c1-7(11(2)3)8-5-9(10(13)14)12(4)6-8/h5-7H,1-4H3,(H,13,14). The minimum Gasteiger partial charge on any atom is -0.477 e. The van der Waals surface area contributed by atoms with Crippen molar-refractivity contribution in [3.05, 3.63) is 23.5 Å². The van der Waals surface area contributed by atoms with E-state index in [2.05, 4.69) is 0 Å². The summed E-state index contributed by atoms with van der Waals surface area (Å²) in [7, 11) is 5.69. The van der Waals surface area contributed by atoms with Crippen LogP contribution in [0, 0.1) is 0 Å². The maximum Gasteiger partial charge on any atom is 0.352 e. The minimum atomic E-state index is -0.885. The first-order valence-corrected chi connectivity index (χ1v) is 4.49. The second-order valence-corrected chi connectivity index (χ2v) is 3.71. The molecule has 0 aliphatic rings. The van der Waals surface area contributed by atoms with Gasteiger partial charge < -0.3 is 14.6 Å². The van der Waals surface area contributed by atoms with Crippen LogP contribution in [0.25, 0.3) is 0 Å². The summed E-state index contributed by atoms with van der Waals surface area (Å²) in [5, 5.41) is 8.86. The molecule has 0 radical (unpaired) electrons. The van der Waals surface area contributed by atoms with Crippen LogP contribution >= 0.6 is 0 Å². The molecule has 0 saturated heterocycles. The summed E-state index contributed by atoms with van der Waals surface area (Å²) in [6.07, 6.45) is 1.86. The molecular weight excluding hydrogens is 180 g/mol. The van der Waals surface area contributed by atoms with E-state index < -0.39 is 5.97 Å². The van der Waals surface area contributed by atoms with Gasteiger partial charge in [0.2, 0.25) is 0 Å². The summed E-state index contributed by atoms with van der Waals surface area (Å²) in [5.41, 5.74) is 1.35. The third-order valence-electron chi connectivity index (χ3n) is 2.50. The number of rotatable bonds is 3. The quantitative estimate of drug-likeness (QED) is 0.793. The van der Waals surface area contributed by atoms with E-state index >= 15 is 0 Å². The fraction of sp³-hybridized carbons (Fsp3) is 0.500. The van der Waals surface area contributed by atoms with E-state index in [1.54, 1.807) is 17.7 Å². The van der Waals surface area contributed by atoms with Crippen molar-refractivity contribution in [3.8, 4) is 0 Å². The summed E-state index contributed by atoms with van der Waals surface area (Å²) in [5.74, 6) is -0.885. The number of hydrogen-bond acceptors (Lipinski definition) is 2. The largest absolute Gasteiger partial charge is 0.477 e. The Morgan fingerprint density at radius 1 is 1.57 bits per heavy atom. The van der Waals surface area contributed by atoms with Gasteiger partial charge in [-0.05, 0) is 32.6 Å². The van der Waals surface area contributed by atoms with Crippen LogP contribution in [0.1, 0.15) is 29.0 Å². The fourth-order valence-electron chi connectivity index (χ4n) is 1.33. The van der Waals surface area contributed by atoms with Crippen molar-refractivity contribution in [1.82, 2.24) is 9.47 Å². The van der Waals surface area contributed by atoms with Crippen LogP contribution in [-0.2, 0) is 7.05 Å². The van der Waals surface area contributed by atoms with Crippen LogP contribution < -0.4 is 0 Å². The van der Waals surface area contributed by atoms with Crippen LogP contribution in [0.3, 0.4) is 0 Å². The van der Waals surface area contributed by atoms with Crippen LogP contribution in [0.15, 0.2) is 12.3 Å². The van der Waals surface area contributed by atoms with Gasteiger partial charge in [0, 0.05) is 19.3 Å². The minimum absolute atomic E-state index is 0.231. The van der Waals surface area contributed by atoms with Gasteiger partial charge in [0.1, 0.15) is 5.69 Å². The third kappa shape index (κ3) is 1.96. The summed E-state index contributed by atoms with van der Waals surface area (Å²) in [4.78, 5) is 12.8. The molecule has 1 N–H and O–H groups in total. The van der Waals surface area contributed by atoms with Gasteiger partial charge in [-0.3, -0.25) is 0 Å². The van der Waals surface area contributed by atoms with Crippen molar-refractivity contribution < 1.29 is 9.90 Å². The molecule has 1 aromatic rings. The highest BCUT2D eigenvalue weighted by Crippen LogP contribution is 2.19. The van der Waals surface area contributed by atoms with Gasteiger partial charge in [0.05, 0.1) is 0 Å². The van der Waals surface area contributed by atoms with Crippen molar-refractivity contribution in [2.24, 2.45) is 7.05 Å². The molecule has 1 atom stereocenters. The van der Waals surface area contributed by atoms with E-state index in [9.17, 15) is 4.79 Å². The van der Waals surface area contributed by atoms with E-state index in [0.717, 1.165) is 5.56 Å². The molecule has 0 bridgehead atoms. The van der Waals surface area contributed by atoms with E-state index in [1.807, 2.05) is 32.1 Å². The lowest BCUT2D eigenvalue weighted by Crippen LogP contribution is -2.16. The molecule has 0 amide bonds. The number of aromatic nitrogens is 1. The molecule has 0 saturated carbocycles. The Hall–Kier alpha value is -1.29. The molecule has 1 heterocycles. The molecule has 1 unspecified atom stereocenters. The first kappa shape index (κ1) is 10.8. The predicted molar refractivity (Wildman–Crippen MR) is 54.5 cm³/mol. The topological polar surface area (TPSA) is 45.5 Å². The maximum atomic E-state index is 10.8. The van der Waals surface area contributed by atoms with Gasteiger partial charge in [0.25, 0.3) is 0 Å². The van der Waals surface area contributed by atoms with Crippen LogP contribution in [0.5, 0.6) is 0 Å². The SMILES string of the molecule is CC(c1cc(C(=O)O)n(C)c1)N(C)C. The first-order chi connectivity index (χ1) is 6.43. The monoisotopic (exact) mass is 196 g/mol. The second-order valence-electron chi connectivity index (χ2n) is 3.71. The van der Waals surface area contributed by atoms with E-state index in [1.165, 1.54) is 0 Å². The summed E-state index contributed by atoms with van der Waals surface area (Å²) in [6.45, 7) is 2.04. The predicted octanol–water partition coefficient (Wildman–Crippen LogP) is 1.35. The Morgan fingerprint density at radius 3 is 2.50 bits per heavy atom. The van der Waals surface area contributed by atoms with Crippen molar-refractivity contribution in [3.63, 3.8) is 0 Å². The van der Waals surface area contributed by atoms with E-state index in [0.29, 0.717) is 5.69 Å². The number of nitrogens with zero attached hydrogens (tertiary/aromatic N) is 2. The number of carboxylic acids is 1. The molecule has 78 valence electrons. The average Bonchev–Trinajstić information content (AvgIpc) is 2.45. The smallest absolute Gasteiger partial charge is 0.352 e. The van der Waals surface area contributed by atoms with E-state index in [4.69, 9.17) is 5.11 Å². The zero-order chi connectivity index (χ0) is 10.9. The molecule has 0 spiro atoms. The lowest BCUT2D eigenvalue weighted by molar-refractivity contribution is 0.0686. The maximum absolute atomic E-state index is 10.8. The first-order valence-electron chi connectivity index (χ1n) is 4.49. The lowest BCUT2D eigenvalue weighted by atomic mass is 10.1. The normalized spacial score (nSPS) is 13.2. The zero-order valence-electron chi connectivity index (χ0n) is 8.98. The Labute approximate surface area is 83.8 Å². The molecule has 0 aliphatic carbocycles. The Balaban J connectivity index is 3.02. The third-order valence-corrected chi connectivity index (χ3v) is 2.50.